The molecule has 0 radical (unpaired) electrons. The van der Waals surface area contributed by atoms with E-state index in [1.807, 2.05) is 48.6 Å². The van der Waals surface area contributed by atoms with Gasteiger partial charge in [-0.25, -0.2) is 0 Å². The number of carbonyl (C=O) groups is 1. The molecule has 1 aromatic heterocycles. The second-order valence-corrected chi connectivity index (χ2v) is 6.53. The van der Waals surface area contributed by atoms with Gasteiger partial charge in [0.05, 0.1) is 5.25 Å². The highest BCUT2D eigenvalue weighted by Gasteiger charge is 2.29. The fraction of sp³-hybridized carbons (Fsp3) is 0.400. The Labute approximate surface area is 128 Å². The van der Waals surface area contributed by atoms with Crippen molar-refractivity contribution >= 4 is 23.4 Å². The van der Waals surface area contributed by atoms with Gasteiger partial charge in [-0.15, -0.1) is 10.2 Å². The van der Waals surface area contributed by atoms with Crippen LogP contribution in [0.1, 0.15) is 18.3 Å². The summed E-state index contributed by atoms with van der Waals surface area (Å²) in [7, 11) is 1.92. The third kappa shape index (κ3) is 2.55. The summed E-state index contributed by atoms with van der Waals surface area (Å²) in [5.41, 5.74) is 2.29. The van der Waals surface area contributed by atoms with Crippen LogP contribution in [0.3, 0.4) is 0 Å². The van der Waals surface area contributed by atoms with E-state index in [1.165, 1.54) is 17.3 Å². The van der Waals surface area contributed by atoms with Crippen molar-refractivity contribution in [1.29, 1.82) is 0 Å². The van der Waals surface area contributed by atoms with Crippen LogP contribution in [0.4, 0.5) is 5.69 Å². The zero-order valence-electron chi connectivity index (χ0n) is 12.4. The molecular formula is C15H18N4OS. The Kier molecular flexibility index (Phi) is 3.71. The number of para-hydroxylation sites is 1. The summed E-state index contributed by atoms with van der Waals surface area (Å²) >= 11 is 1.46. The molecule has 0 saturated carbocycles. The number of benzene rings is 1. The summed E-state index contributed by atoms with van der Waals surface area (Å²) in [5.74, 6) is 0.981. The molecule has 6 heteroatoms. The van der Waals surface area contributed by atoms with Crippen molar-refractivity contribution in [2.45, 2.75) is 30.7 Å². The van der Waals surface area contributed by atoms with E-state index in [2.05, 4.69) is 16.3 Å². The molecule has 2 aromatic rings. The number of anilines is 1. The molecule has 0 fully saturated rings. The topological polar surface area (TPSA) is 51.0 Å². The Hall–Kier alpha value is -1.82. The standard InChI is InChI=1S/C15H18N4OS/c1-10(21-15-17-16-11(2)18(15)3)14(20)19-9-8-12-6-4-5-7-13(12)19/h4-7,10H,8-9H2,1-3H3/t10-/m1/s1. The number of hydrogen-bond donors (Lipinski definition) is 0. The van der Waals surface area contributed by atoms with Crippen LogP contribution in [0.2, 0.25) is 0 Å². The predicted molar refractivity (Wildman–Crippen MR) is 83.6 cm³/mol. The summed E-state index contributed by atoms with van der Waals surface area (Å²) in [5, 5.41) is 8.74. The van der Waals surface area contributed by atoms with Gasteiger partial charge >= 0.3 is 0 Å². The number of nitrogens with zero attached hydrogens (tertiary/aromatic N) is 4. The lowest BCUT2D eigenvalue weighted by atomic mass is 10.2. The van der Waals surface area contributed by atoms with E-state index in [1.54, 1.807) is 0 Å². The second kappa shape index (κ2) is 5.52. The van der Waals surface area contributed by atoms with E-state index in [0.717, 1.165) is 29.6 Å². The van der Waals surface area contributed by atoms with Crippen LogP contribution in [-0.2, 0) is 18.3 Å². The van der Waals surface area contributed by atoms with Crippen molar-refractivity contribution in [2.75, 3.05) is 11.4 Å². The van der Waals surface area contributed by atoms with Crippen molar-refractivity contribution in [3.05, 3.63) is 35.7 Å². The van der Waals surface area contributed by atoms with Gasteiger partial charge in [-0.2, -0.15) is 0 Å². The van der Waals surface area contributed by atoms with Gasteiger partial charge in [-0.3, -0.25) is 4.79 Å². The molecule has 1 amide bonds. The second-order valence-electron chi connectivity index (χ2n) is 5.22. The molecule has 110 valence electrons. The summed E-state index contributed by atoms with van der Waals surface area (Å²) in [4.78, 5) is 14.6. The average Bonchev–Trinajstić information content (AvgIpc) is 3.05. The van der Waals surface area contributed by atoms with Crippen LogP contribution >= 0.6 is 11.8 Å². The van der Waals surface area contributed by atoms with Gasteiger partial charge in [0.1, 0.15) is 5.82 Å². The van der Waals surface area contributed by atoms with E-state index < -0.39 is 0 Å². The summed E-state index contributed by atoms with van der Waals surface area (Å²) in [6.07, 6.45) is 0.933. The minimum atomic E-state index is -0.182. The number of fused-ring (bicyclic) bond motifs is 1. The maximum atomic E-state index is 12.7. The summed E-state index contributed by atoms with van der Waals surface area (Å²) in [6, 6.07) is 8.11. The van der Waals surface area contributed by atoms with Gasteiger partial charge in [-0.1, -0.05) is 30.0 Å². The maximum absolute atomic E-state index is 12.7. The Morgan fingerprint density at radius 3 is 2.81 bits per heavy atom. The number of aryl methyl sites for hydroxylation is 1. The Morgan fingerprint density at radius 1 is 1.33 bits per heavy atom. The Balaban J connectivity index is 1.75. The molecule has 1 aliphatic rings. The number of amides is 1. The van der Waals surface area contributed by atoms with Gasteiger partial charge in [-0.05, 0) is 31.9 Å². The van der Waals surface area contributed by atoms with E-state index in [0.29, 0.717) is 0 Å². The third-order valence-electron chi connectivity index (χ3n) is 3.84. The monoisotopic (exact) mass is 302 g/mol. The van der Waals surface area contributed by atoms with Crippen LogP contribution in [0.25, 0.3) is 0 Å². The molecule has 0 aliphatic carbocycles. The average molecular weight is 302 g/mol. The first-order valence-corrected chi connectivity index (χ1v) is 7.88. The first-order valence-electron chi connectivity index (χ1n) is 7.00. The highest BCUT2D eigenvalue weighted by atomic mass is 32.2. The van der Waals surface area contributed by atoms with E-state index in [9.17, 15) is 4.79 Å². The third-order valence-corrected chi connectivity index (χ3v) is 4.96. The maximum Gasteiger partial charge on any atom is 0.240 e. The number of rotatable bonds is 3. The summed E-state index contributed by atoms with van der Waals surface area (Å²) in [6.45, 7) is 4.60. The number of thioether (sulfide) groups is 1. The van der Waals surface area contributed by atoms with Crippen molar-refractivity contribution in [3.63, 3.8) is 0 Å². The SMILES string of the molecule is Cc1nnc(S[C@H](C)C(=O)N2CCc3ccccc32)n1C. The molecule has 0 bridgehead atoms. The molecule has 1 aliphatic heterocycles. The molecule has 2 heterocycles. The van der Waals surface area contributed by atoms with Gasteiger partial charge in [0, 0.05) is 19.3 Å². The fourth-order valence-corrected chi connectivity index (χ4v) is 3.41. The first kappa shape index (κ1) is 14.1. The molecule has 0 N–H and O–H groups in total. The fourth-order valence-electron chi connectivity index (χ4n) is 2.49. The van der Waals surface area contributed by atoms with Crippen LogP contribution in [0.15, 0.2) is 29.4 Å². The molecule has 1 aromatic carbocycles. The lowest BCUT2D eigenvalue weighted by molar-refractivity contribution is -0.117. The number of carbonyl (C=O) groups excluding carboxylic acids is 1. The van der Waals surface area contributed by atoms with Crippen LogP contribution in [0.5, 0.6) is 0 Å². The van der Waals surface area contributed by atoms with Gasteiger partial charge in [0.25, 0.3) is 0 Å². The predicted octanol–water partition coefficient (Wildman–Crippen LogP) is 2.19. The molecule has 0 spiro atoms. The van der Waals surface area contributed by atoms with Crippen LogP contribution in [0, 0.1) is 6.92 Å². The molecule has 5 nitrogen and oxygen atoms in total. The largest absolute Gasteiger partial charge is 0.311 e. The molecular weight excluding hydrogens is 284 g/mol. The number of hydrogen-bond acceptors (Lipinski definition) is 4. The lowest BCUT2D eigenvalue weighted by Gasteiger charge is -2.21. The molecule has 0 saturated heterocycles. The van der Waals surface area contributed by atoms with Crippen molar-refractivity contribution in [3.8, 4) is 0 Å². The molecule has 21 heavy (non-hydrogen) atoms. The minimum Gasteiger partial charge on any atom is -0.311 e. The Bertz CT molecular complexity index is 682. The van der Waals surface area contributed by atoms with E-state index >= 15 is 0 Å². The molecule has 3 rings (SSSR count). The highest BCUT2D eigenvalue weighted by molar-refractivity contribution is 8.00. The highest BCUT2D eigenvalue weighted by Crippen LogP contribution is 2.31. The van der Waals surface area contributed by atoms with Crippen LogP contribution in [-0.4, -0.2) is 32.5 Å². The van der Waals surface area contributed by atoms with Crippen molar-refractivity contribution < 1.29 is 4.79 Å². The minimum absolute atomic E-state index is 0.130. The van der Waals surface area contributed by atoms with Gasteiger partial charge < -0.3 is 9.47 Å². The smallest absolute Gasteiger partial charge is 0.240 e. The summed E-state index contributed by atoms with van der Waals surface area (Å²) < 4.78 is 1.91. The van der Waals surface area contributed by atoms with Crippen LogP contribution < -0.4 is 4.90 Å². The first-order chi connectivity index (χ1) is 10.1. The zero-order valence-corrected chi connectivity index (χ0v) is 13.2. The van der Waals surface area contributed by atoms with Crippen molar-refractivity contribution in [1.82, 2.24) is 14.8 Å². The van der Waals surface area contributed by atoms with E-state index in [4.69, 9.17) is 0 Å². The van der Waals surface area contributed by atoms with Gasteiger partial charge in [0.2, 0.25) is 5.91 Å². The normalized spacial score (nSPS) is 15.1. The lowest BCUT2D eigenvalue weighted by Crippen LogP contribution is -2.35. The van der Waals surface area contributed by atoms with Crippen molar-refractivity contribution in [2.24, 2.45) is 7.05 Å². The van der Waals surface area contributed by atoms with Gasteiger partial charge in [0.15, 0.2) is 5.16 Å². The zero-order chi connectivity index (χ0) is 15.0. The quantitative estimate of drug-likeness (QED) is 0.816. The molecule has 1 atom stereocenters. The molecule has 0 unspecified atom stereocenters. The number of aromatic nitrogens is 3. The Morgan fingerprint density at radius 2 is 2.10 bits per heavy atom. The van der Waals surface area contributed by atoms with E-state index in [-0.39, 0.29) is 11.2 Å².